The van der Waals surface area contributed by atoms with E-state index in [2.05, 4.69) is 15.9 Å². The quantitative estimate of drug-likeness (QED) is 0.908. The van der Waals surface area contributed by atoms with E-state index in [0.717, 1.165) is 10.1 Å². The largest absolute Gasteiger partial charge is 0.392 e. The molecule has 2 aromatic rings. The lowest BCUT2D eigenvalue weighted by Gasteiger charge is -2.17. The molecule has 1 N–H and O–H groups in total. The maximum absolute atomic E-state index is 12.5. The summed E-state index contributed by atoms with van der Waals surface area (Å²) in [5.41, 5.74) is 0. The average molecular weight is 364 g/mol. The van der Waals surface area contributed by atoms with E-state index in [1.54, 1.807) is 6.92 Å². The highest BCUT2D eigenvalue weighted by atomic mass is 79.9. The third kappa shape index (κ3) is 2.85. The Bertz CT molecular complexity index is 694. The molecule has 0 aliphatic heterocycles. The molecule has 1 aromatic carbocycles. The van der Waals surface area contributed by atoms with Gasteiger partial charge < -0.3 is 5.11 Å². The predicted octanol–water partition coefficient (Wildman–Crippen LogP) is 2.67. The van der Waals surface area contributed by atoms with Gasteiger partial charge in [-0.3, -0.25) is 0 Å². The Labute approximate surface area is 124 Å². The summed E-state index contributed by atoms with van der Waals surface area (Å²) in [6.45, 7) is 1.63. The molecule has 1 atom stereocenters. The van der Waals surface area contributed by atoms with E-state index in [9.17, 15) is 13.5 Å². The van der Waals surface area contributed by atoms with Crippen LogP contribution < -0.4 is 0 Å². The maximum Gasteiger partial charge on any atom is 0.253 e. The van der Waals surface area contributed by atoms with Gasteiger partial charge in [0, 0.05) is 23.7 Å². The summed E-state index contributed by atoms with van der Waals surface area (Å²) in [5, 5.41) is 10.2. The summed E-state index contributed by atoms with van der Waals surface area (Å²) in [6, 6.07) is 7.51. The first-order chi connectivity index (χ1) is 8.84. The number of rotatable bonds is 4. The molecule has 0 radical (unpaired) electrons. The average Bonchev–Trinajstić information content (AvgIpc) is 2.67. The number of benzene rings is 1. The summed E-state index contributed by atoms with van der Waals surface area (Å²) in [6.07, 6.45) is -0.701. The number of halogens is 1. The molecule has 0 saturated carbocycles. The van der Waals surface area contributed by atoms with Crippen LogP contribution in [0.5, 0.6) is 0 Å². The van der Waals surface area contributed by atoms with Gasteiger partial charge in [-0.2, -0.15) is 4.31 Å². The molecule has 1 aromatic heterocycles. The van der Waals surface area contributed by atoms with Gasteiger partial charge in [-0.25, -0.2) is 8.42 Å². The Kier molecular flexibility index (Phi) is 4.32. The van der Waals surface area contributed by atoms with Gasteiger partial charge in [0.2, 0.25) is 0 Å². The van der Waals surface area contributed by atoms with Gasteiger partial charge in [0.15, 0.2) is 4.21 Å². The fraction of sp³-hybridized carbons (Fsp3) is 0.333. The summed E-state index contributed by atoms with van der Waals surface area (Å²) in [5.74, 6) is 0. The fourth-order valence-corrected chi connectivity index (χ4v) is 6.03. The minimum absolute atomic E-state index is 0.0724. The van der Waals surface area contributed by atoms with Crippen LogP contribution >= 0.6 is 27.3 Å². The Morgan fingerprint density at radius 3 is 2.63 bits per heavy atom. The number of nitrogens with zero attached hydrogens (tertiary/aromatic N) is 1. The molecular weight excluding hydrogens is 350 g/mol. The van der Waals surface area contributed by atoms with Gasteiger partial charge in [-0.15, -0.1) is 11.3 Å². The van der Waals surface area contributed by atoms with Crippen molar-refractivity contribution in [1.29, 1.82) is 0 Å². The molecule has 4 nitrogen and oxygen atoms in total. The Morgan fingerprint density at radius 1 is 1.42 bits per heavy atom. The van der Waals surface area contributed by atoms with E-state index in [1.165, 1.54) is 22.7 Å². The smallest absolute Gasteiger partial charge is 0.253 e. The van der Waals surface area contributed by atoms with Crippen LogP contribution in [-0.4, -0.2) is 37.5 Å². The number of hydrogen-bond donors (Lipinski definition) is 1. The lowest BCUT2D eigenvalue weighted by atomic mass is 10.3. The Hall–Kier alpha value is -0.470. The van der Waals surface area contributed by atoms with Gasteiger partial charge >= 0.3 is 0 Å². The third-order valence-electron chi connectivity index (χ3n) is 2.67. The van der Waals surface area contributed by atoms with Crippen molar-refractivity contribution in [3.63, 3.8) is 0 Å². The second kappa shape index (κ2) is 5.49. The zero-order valence-corrected chi connectivity index (χ0v) is 13.7. The van der Waals surface area contributed by atoms with Crippen molar-refractivity contribution in [1.82, 2.24) is 4.31 Å². The molecule has 0 aliphatic carbocycles. The van der Waals surface area contributed by atoms with Crippen molar-refractivity contribution < 1.29 is 13.5 Å². The molecule has 1 heterocycles. The molecule has 19 heavy (non-hydrogen) atoms. The van der Waals surface area contributed by atoms with Crippen LogP contribution in [0.3, 0.4) is 0 Å². The molecule has 0 spiro atoms. The number of sulfonamides is 1. The van der Waals surface area contributed by atoms with Crippen molar-refractivity contribution in [3.05, 3.63) is 28.7 Å². The van der Waals surface area contributed by atoms with E-state index in [4.69, 9.17) is 0 Å². The number of hydrogen-bond acceptors (Lipinski definition) is 4. The predicted molar refractivity (Wildman–Crippen MR) is 81.0 cm³/mol. The molecular formula is C12H14BrNO3S2. The summed E-state index contributed by atoms with van der Waals surface area (Å²) < 4.78 is 27.9. The normalized spacial score (nSPS) is 14.2. The van der Waals surface area contributed by atoms with Gasteiger partial charge in [-0.1, -0.05) is 18.2 Å². The van der Waals surface area contributed by atoms with Crippen molar-refractivity contribution in [2.75, 3.05) is 13.6 Å². The number of likely N-dealkylation sites (N-methyl/N-ethyl adjacent to an activating group) is 1. The lowest BCUT2D eigenvalue weighted by molar-refractivity contribution is 0.171. The molecule has 0 fully saturated rings. The molecule has 2 rings (SSSR count). The highest BCUT2D eigenvalue weighted by molar-refractivity contribution is 9.10. The van der Waals surface area contributed by atoms with Gasteiger partial charge in [0.25, 0.3) is 10.0 Å². The monoisotopic (exact) mass is 363 g/mol. The van der Waals surface area contributed by atoms with Crippen LogP contribution in [0.25, 0.3) is 10.1 Å². The SMILES string of the molecule is CC(O)CN(C)S(=O)(=O)c1sc2ccccc2c1Br. The Morgan fingerprint density at radius 2 is 2.05 bits per heavy atom. The summed E-state index contributed by atoms with van der Waals surface area (Å²) in [7, 11) is -2.11. The molecule has 0 aliphatic rings. The van der Waals surface area contributed by atoms with Crippen molar-refractivity contribution in [2.45, 2.75) is 17.2 Å². The zero-order chi connectivity index (χ0) is 14.2. The topological polar surface area (TPSA) is 57.6 Å². The van der Waals surface area contributed by atoms with E-state index < -0.39 is 16.1 Å². The highest BCUT2D eigenvalue weighted by Crippen LogP contribution is 2.39. The number of aliphatic hydroxyl groups excluding tert-OH is 1. The summed E-state index contributed by atoms with van der Waals surface area (Å²) in [4.78, 5) is 0. The van der Waals surface area contributed by atoms with Crippen LogP contribution in [0, 0.1) is 0 Å². The minimum atomic E-state index is -3.58. The van der Waals surface area contributed by atoms with E-state index in [0.29, 0.717) is 4.47 Å². The highest BCUT2D eigenvalue weighted by Gasteiger charge is 2.27. The van der Waals surface area contributed by atoms with Crippen molar-refractivity contribution in [3.8, 4) is 0 Å². The molecule has 0 amide bonds. The molecule has 104 valence electrons. The van der Waals surface area contributed by atoms with Crippen LogP contribution in [0.15, 0.2) is 32.9 Å². The molecule has 0 saturated heterocycles. The standard InChI is InChI=1S/C12H14BrNO3S2/c1-8(15)7-14(2)19(16,17)12-11(13)9-5-3-4-6-10(9)18-12/h3-6,8,15H,7H2,1-2H3. The van der Waals surface area contributed by atoms with E-state index >= 15 is 0 Å². The zero-order valence-electron chi connectivity index (χ0n) is 10.5. The van der Waals surface area contributed by atoms with E-state index in [1.807, 2.05) is 24.3 Å². The fourth-order valence-electron chi connectivity index (χ4n) is 1.77. The van der Waals surface area contributed by atoms with Crippen LogP contribution in [0.4, 0.5) is 0 Å². The van der Waals surface area contributed by atoms with Gasteiger partial charge in [-0.05, 0) is 28.9 Å². The Balaban J connectivity index is 2.52. The van der Waals surface area contributed by atoms with Crippen molar-refractivity contribution in [2.24, 2.45) is 0 Å². The minimum Gasteiger partial charge on any atom is -0.392 e. The first-order valence-corrected chi connectivity index (χ1v) is 8.70. The second-order valence-electron chi connectivity index (χ2n) is 4.33. The second-order valence-corrected chi connectivity index (χ2v) is 8.42. The number of fused-ring (bicyclic) bond motifs is 1. The first-order valence-electron chi connectivity index (χ1n) is 5.65. The molecule has 1 unspecified atom stereocenters. The van der Waals surface area contributed by atoms with E-state index in [-0.39, 0.29) is 10.8 Å². The molecule has 0 bridgehead atoms. The lowest BCUT2D eigenvalue weighted by Crippen LogP contribution is -2.32. The van der Waals surface area contributed by atoms with Crippen LogP contribution in [-0.2, 0) is 10.0 Å². The van der Waals surface area contributed by atoms with Crippen LogP contribution in [0.1, 0.15) is 6.92 Å². The van der Waals surface area contributed by atoms with Gasteiger partial charge in [0.05, 0.1) is 10.6 Å². The first kappa shape index (κ1) is 14.9. The van der Waals surface area contributed by atoms with Crippen LogP contribution in [0.2, 0.25) is 0 Å². The number of aliphatic hydroxyl groups is 1. The third-order valence-corrected chi connectivity index (χ3v) is 7.51. The molecule has 7 heteroatoms. The number of thiophene rings is 1. The van der Waals surface area contributed by atoms with Crippen molar-refractivity contribution >= 4 is 47.4 Å². The maximum atomic E-state index is 12.5. The summed E-state index contributed by atoms with van der Waals surface area (Å²) >= 11 is 4.59. The van der Waals surface area contributed by atoms with Gasteiger partial charge in [0.1, 0.15) is 0 Å².